The number of carboxylic acids is 1. The Balaban J connectivity index is 0.000000941. The van der Waals surface area contributed by atoms with Gasteiger partial charge in [0.2, 0.25) is 0 Å². The Kier molecular flexibility index (Phi) is 7.13. The summed E-state index contributed by atoms with van der Waals surface area (Å²) in [6, 6.07) is 6.49. The number of hydrogen-bond acceptors (Lipinski definition) is 6. The van der Waals surface area contributed by atoms with Crippen molar-refractivity contribution in [3.63, 3.8) is 0 Å². The number of aromatic hydroxyl groups is 1. The fourth-order valence-electron chi connectivity index (χ4n) is 3.11. The first kappa shape index (κ1) is 21.7. The van der Waals surface area contributed by atoms with Gasteiger partial charge in [0.1, 0.15) is 12.3 Å². The summed E-state index contributed by atoms with van der Waals surface area (Å²) in [6.07, 6.45) is 3.57. The summed E-state index contributed by atoms with van der Waals surface area (Å²) in [6.45, 7) is 3.08. The monoisotopic (exact) mass is 401 g/mol. The maximum absolute atomic E-state index is 12.0. The molecular formula is C20H23N3O6. The smallest absolute Gasteiger partial charge is 0.322 e. The van der Waals surface area contributed by atoms with Gasteiger partial charge in [-0.25, -0.2) is 4.98 Å². The Hall–Kier alpha value is -3.62. The van der Waals surface area contributed by atoms with Crippen LogP contribution in [0.2, 0.25) is 0 Å². The summed E-state index contributed by atoms with van der Waals surface area (Å²) in [7, 11) is 0. The first-order valence-electron chi connectivity index (χ1n) is 8.94. The zero-order valence-corrected chi connectivity index (χ0v) is 16.1. The second kappa shape index (κ2) is 9.54. The Morgan fingerprint density at radius 2 is 2.07 bits per heavy atom. The van der Waals surface area contributed by atoms with Crippen LogP contribution in [-0.2, 0) is 16.0 Å². The topological polar surface area (TPSA) is 149 Å². The molecule has 1 aliphatic heterocycles. The van der Waals surface area contributed by atoms with Gasteiger partial charge >= 0.3 is 5.97 Å². The number of anilines is 1. The molecule has 0 aliphatic carbocycles. The average Bonchev–Trinajstić information content (AvgIpc) is 2.68. The van der Waals surface area contributed by atoms with Crippen molar-refractivity contribution in [2.75, 3.05) is 11.9 Å². The van der Waals surface area contributed by atoms with Crippen molar-refractivity contribution >= 4 is 24.0 Å². The number of rotatable bonds is 4. The third-order valence-corrected chi connectivity index (χ3v) is 4.59. The van der Waals surface area contributed by atoms with E-state index in [4.69, 9.17) is 15.0 Å². The SMILES string of the molecule is Cc1c(-c2ccc3c(c2)CCC(C)N3)cnc(C(=O)NCC(=O)O)c1O.O=CO. The number of nitrogens with one attached hydrogen (secondary N) is 2. The molecule has 1 unspecified atom stereocenters. The molecule has 1 aliphatic rings. The third-order valence-electron chi connectivity index (χ3n) is 4.59. The van der Waals surface area contributed by atoms with Crippen molar-refractivity contribution in [2.24, 2.45) is 0 Å². The predicted octanol–water partition coefficient (Wildman–Crippen LogP) is 2.02. The Morgan fingerprint density at radius 1 is 1.38 bits per heavy atom. The number of carboxylic acid groups (broad SMARTS) is 2. The van der Waals surface area contributed by atoms with E-state index in [1.807, 2.05) is 12.1 Å². The van der Waals surface area contributed by atoms with Crippen LogP contribution in [0, 0.1) is 6.92 Å². The second-order valence-electron chi connectivity index (χ2n) is 6.63. The van der Waals surface area contributed by atoms with Gasteiger partial charge in [-0.2, -0.15) is 0 Å². The van der Waals surface area contributed by atoms with Crippen molar-refractivity contribution in [3.8, 4) is 16.9 Å². The van der Waals surface area contributed by atoms with E-state index >= 15 is 0 Å². The Morgan fingerprint density at radius 3 is 2.72 bits per heavy atom. The molecule has 5 N–H and O–H groups in total. The van der Waals surface area contributed by atoms with Gasteiger partial charge in [0.15, 0.2) is 5.69 Å². The van der Waals surface area contributed by atoms with Gasteiger partial charge in [-0.1, -0.05) is 6.07 Å². The van der Waals surface area contributed by atoms with Gasteiger partial charge in [0, 0.05) is 29.1 Å². The number of aryl methyl sites for hydroxylation is 1. The van der Waals surface area contributed by atoms with Crippen LogP contribution in [0.4, 0.5) is 5.69 Å². The zero-order valence-electron chi connectivity index (χ0n) is 16.1. The van der Waals surface area contributed by atoms with Gasteiger partial charge in [-0.05, 0) is 49.9 Å². The number of aliphatic carboxylic acids is 1. The molecule has 1 aromatic heterocycles. The van der Waals surface area contributed by atoms with Gasteiger partial charge in [-0.3, -0.25) is 14.4 Å². The third kappa shape index (κ3) is 5.22. The number of pyridine rings is 1. The number of fused-ring (bicyclic) bond motifs is 1. The summed E-state index contributed by atoms with van der Waals surface area (Å²) < 4.78 is 0. The van der Waals surface area contributed by atoms with Crippen LogP contribution in [0.15, 0.2) is 24.4 Å². The molecule has 2 aromatic rings. The minimum atomic E-state index is -1.16. The summed E-state index contributed by atoms with van der Waals surface area (Å²) >= 11 is 0. The van der Waals surface area contributed by atoms with E-state index in [0.717, 1.165) is 29.7 Å². The molecule has 1 atom stereocenters. The molecule has 0 fully saturated rings. The molecule has 2 heterocycles. The van der Waals surface area contributed by atoms with E-state index in [1.165, 1.54) is 11.8 Å². The molecule has 0 bridgehead atoms. The number of carbonyl (C=O) groups is 3. The Labute approximate surface area is 167 Å². The van der Waals surface area contributed by atoms with Crippen LogP contribution in [0.25, 0.3) is 11.1 Å². The van der Waals surface area contributed by atoms with Crippen molar-refractivity contribution in [3.05, 3.63) is 41.2 Å². The van der Waals surface area contributed by atoms with E-state index in [2.05, 4.69) is 28.6 Å². The molecule has 0 radical (unpaired) electrons. The van der Waals surface area contributed by atoms with E-state index in [-0.39, 0.29) is 17.9 Å². The van der Waals surface area contributed by atoms with Gasteiger partial charge in [0.25, 0.3) is 12.4 Å². The number of nitrogens with zero attached hydrogens (tertiary/aromatic N) is 1. The van der Waals surface area contributed by atoms with Gasteiger partial charge in [0.05, 0.1) is 0 Å². The molecule has 0 spiro atoms. The number of hydrogen-bond donors (Lipinski definition) is 5. The molecular weight excluding hydrogens is 378 g/mol. The summed E-state index contributed by atoms with van der Waals surface area (Å²) in [5.41, 5.74) is 4.32. The zero-order chi connectivity index (χ0) is 21.6. The lowest BCUT2D eigenvalue weighted by Crippen LogP contribution is -2.30. The van der Waals surface area contributed by atoms with E-state index in [1.54, 1.807) is 6.92 Å². The summed E-state index contributed by atoms with van der Waals surface area (Å²) in [5, 5.41) is 31.5. The molecule has 3 rings (SSSR count). The van der Waals surface area contributed by atoms with Crippen molar-refractivity contribution < 1.29 is 29.7 Å². The highest BCUT2D eigenvalue weighted by Crippen LogP contribution is 2.34. The second-order valence-corrected chi connectivity index (χ2v) is 6.63. The van der Waals surface area contributed by atoms with Crippen LogP contribution in [0.3, 0.4) is 0 Å². The highest BCUT2D eigenvalue weighted by Gasteiger charge is 2.20. The van der Waals surface area contributed by atoms with Crippen molar-refractivity contribution in [1.82, 2.24) is 10.3 Å². The maximum atomic E-state index is 12.0. The number of carbonyl (C=O) groups excluding carboxylic acids is 1. The first-order valence-corrected chi connectivity index (χ1v) is 8.94. The molecule has 0 saturated heterocycles. The normalized spacial score (nSPS) is 14.5. The largest absolute Gasteiger partial charge is 0.505 e. The molecule has 0 saturated carbocycles. The fraction of sp³-hybridized carbons (Fsp3) is 0.300. The molecule has 154 valence electrons. The number of aromatic nitrogens is 1. The maximum Gasteiger partial charge on any atom is 0.322 e. The van der Waals surface area contributed by atoms with Crippen LogP contribution in [-0.4, -0.2) is 51.2 Å². The number of amides is 1. The van der Waals surface area contributed by atoms with Gasteiger partial charge < -0.3 is 26.0 Å². The van der Waals surface area contributed by atoms with Crippen LogP contribution in [0.1, 0.15) is 35.0 Å². The van der Waals surface area contributed by atoms with Crippen LogP contribution in [0.5, 0.6) is 5.75 Å². The molecule has 9 heteroatoms. The minimum absolute atomic E-state index is 0.180. The quantitative estimate of drug-likeness (QED) is 0.489. The lowest BCUT2D eigenvalue weighted by Gasteiger charge is -2.24. The molecule has 1 amide bonds. The fourth-order valence-corrected chi connectivity index (χ4v) is 3.11. The molecule has 9 nitrogen and oxygen atoms in total. The molecule has 1 aromatic carbocycles. The summed E-state index contributed by atoms with van der Waals surface area (Å²) in [5.74, 6) is -2.12. The Bertz CT molecular complexity index is 929. The van der Waals surface area contributed by atoms with Crippen molar-refractivity contribution in [2.45, 2.75) is 32.7 Å². The van der Waals surface area contributed by atoms with Crippen LogP contribution < -0.4 is 10.6 Å². The van der Waals surface area contributed by atoms with Gasteiger partial charge in [-0.15, -0.1) is 0 Å². The lowest BCUT2D eigenvalue weighted by atomic mass is 9.93. The highest BCUT2D eigenvalue weighted by atomic mass is 16.4. The lowest BCUT2D eigenvalue weighted by molar-refractivity contribution is -0.135. The van der Waals surface area contributed by atoms with E-state index < -0.39 is 18.4 Å². The summed E-state index contributed by atoms with van der Waals surface area (Å²) in [4.78, 5) is 35.0. The first-order chi connectivity index (χ1) is 13.8. The van der Waals surface area contributed by atoms with Crippen LogP contribution >= 0.6 is 0 Å². The van der Waals surface area contributed by atoms with Crippen molar-refractivity contribution in [1.29, 1.82) is 0 Å². The molecule has 29 heavy (non-hydrogen) atoms. The van der Waals surface area contributed by atoms with E-state index in [0.29, 0.717) is 11.6 Å². The number of benzene rings is 1. The standard InChI is InChI=1S/C19H21N3O4.CH2O2/c1-10-3-4-13-7-12(5-6-15(13)22-10)14-8-20-17(18(25)11(14)2)19(26)21-9-16(23)24;2-1-3/h5-8,10,22,25H,3-4,9H2,1-2H3,(H,21,26)(H,23,24);1H,(H,2,3). The average molecular weight is 401 g/mol. The highest BCUT2D eigenvalue weighted by molar-refractivity contribution is 5.97. The predicted molar refractivity (Wildman–Crippen MR) is 106 cm³/mol. The van der Waals surface area contributed by atoms with E-state index in [9.17, 15) is 14.7 Å². The minimum Gasteiger partial charge on any atom is -0.505 e.